The van der Waals surface area contributed by atoms with Crippen LogP contribution in [0.1, 0.15) is 43.0 Å². The molecule has 4 nitrogen and oxygen atoms in total. The lowest BCUT2D eigenvalue weighted by atomic mass is 10.0. The molecule has 0 radical (unpaired) electrons. The molecule has 6 heteroatoms. The molecule has 1 aliphatic heterocycles. The lowest BCUT2D eigenvalue weighted by molar-refractivity contribution is 0.211. The highest BCUT2D eigenvalue weighted by molar-refractivity contribution is 6.34. The van der Waals surface area contributed by atoms with Crippen molar-refractivity contribution in [3.05, 3.63) is 51.9 Å². The van der Waals surface area contributed by atoms with Crippen LogP contribution in [0, 0.1) is 0 Å². The monoisotopic (exact) mass is 376 g/mol. The molecule has 0 unspecified atom stereocenters. The molecule has 2 aromatic rings. The SMILES string of the molecule is Clc1cc(Cl)cc(CN2CCC(Nc3ccnc(C4CC4)n3)CC2)c1. The average Bonchev–Trinajstić information content (AvgIpc) is 3.41. The van der Waals surface area contributed by atoms with Gasteiger partial charge < -0.3 is 5.32 Å². The van der Waals surface area contributed by atoms with Crippen molar-refractivity contribution < 1.29 is 0 Å². The van der Waals surface area contributed by atoms with Crippen molar-refractivity contribution in [3.63, 3.8) is 0 Å². The third-order valence-corrected chi connectivity index (χ3v) is 5.32. The van der Waals surface area contributed by atoms with E-state index in [1.807, 2.05) is 24.4 Å². The van der Waals surface area contributed by atoms with Gasteiger partial charge in [0.1, 0.15) is 11.6 Å². The molecule has 0 spiro atoms. The molecule has 1 aromatic carbocycles. The number of rotatable bonds is 5. The Bertz CT molecular complexity index is 720. The van der Waals surface area contributed by atoms with E-state index in [0.717, 1.165) is 44.1 Å². The third kappa shape index (κ3) is 4.63. The van der Waals surface area contributed by atoms with Crippen molar-refractivity contribution in [2.75, 3.05) is 18.4 Å². The molecule has 0 amide bonds. The highest BCUT2D eigenvalue weighted by Crippen LogP contribution is 2.38. The van der Waals surface area contributed by atoms with Gasteiger partial charge in [-0.2, -0.15) is 0 Å². The summed E-state index contributed by atoms with van der Waals surface area (Å²) in [5, 5.41) is 4.99. The topological polar surface area (TPSA) is 41.0 Å². The molecule has 25 heavy (non-hydrogen) atoms. The summed E-state index contributed by atoms with van der Waals surface area (Å²) >= 11 is 12.2. The lowest BCUT2D eigenvalue weighted by Gasteiger charge is -2.32. The van der Waals surface area contributed by atoms with Crippen LogP contribution >= 0.6 is 23.2 Å². The van der Waals surface area contributed by atoms with Crippen molar-refractivity contribution in [2.24, 2.45) is 0 Å². The summed E-state index contributed by atoms with van der Waals surface area (Å²) in [6.07, 6.45) is 6.56. The fourth-order valence-corrected chi connectivity index (χ4v) is 3.97. The highest BCUT2D eigenvalue weighted by Gasteiger charge is 2.27. The van der Waals surface area contributed by atoms with E-state index in [2.05, 4.69) is 20.2 Å². The summed E-state index contributed by atoms with van der Waals surface area (Å²) < 4.78 is 0. The minimum Gasteiger partial charge on any atom is -0.367 e. The minimum atomic E-state index is 0.473. The number of nitrogens with zero attached hydrogens (tertiary/aromatic N) is 3. The zero-order valence-electron chi connectivity index (χ0n) is 14.1. The van der Waals surface area contributed by atoms with E-state index >= 15 is 0 Å². The van der Waals surface area contributed by atoms with Crippen LogP contribution in [-0.4, -0.2) is 34.0 Å². The van der Waals surface area contributed by atoms with E-state index in [-0.39, 0.29) is 0 Å². The van der Waals surface area contributed by atoms with Gasteiger partial charge in [0.25, 0.3) is 0 Å². The molecule has 1 saturated heterocycles. The second kappa shape index (κ2) is 7.48. The number of halogens is 2. The second-order valence-electron chi connectivity index (χ2n) is 7.05. The number of hydrogen-bond donors (Lipinski definition) is 1. The molecule has 2 aliphatic rings. The maximum absolute atomic E-state index is 6.10. The normalized spacial score (nSPS) is 19.1. The van der Waals surface area contributed by atoms with Crippen molar-refractivity contribution in [3.8, 4) is 0 Å². The first-order valence-electron chi connectivity index (χ1n) is 8.92. The van der Waals surface area contributed by atoms with Crippen LogP contribution in [-0.2, 0) is 6.54 Å². The van der Waals surface area contributed by atoms with E-state index in [1.165, 1.54) is 18.4 Å². The molecule has 4 rings (SSSR count). The van der Waals surface area contributed by atoms with Gasteiger partial charge in [-0.25, -0.2) is 9.97 Å². The molecule has 0 bridgehead atoms. The Kier molecular flexibility index (Phi) is 5.11. The van der Waals surface area contributed by atoms with Crippen LogP contribution in [0.15, 0.2) is 30.5 Å². The summed E-state index contributed by atoms with van der Waals surface area (Å²) in [4.78, 5) is 11.5. The van der Waals surface area contributed by atoms with Crippen molar-refractivity contribution >= 4 is 29.0 Å². The summed E-state index contributed by atoms with van der Waals surface area (Å²) in [6.45, 7) is 3.01. The van der Waals surface area contributed by atoms with Crippen molar-refractivity contribution in [2.45, 2.75) is 44.2 Å². The van der Waals surface area contributed by atoms with E-state index in [0.29, 0.717) is 22.0 Å². The number of piperidine rings is 1. The zero-order valence-corrected chi connectivity index (χ0v) is 15.6. The number of nitrogens with one attached hydrogen (secondary N) is 1. The molecule has 1 aromatic heterocycles. The maximum Gasteiger partial charge on any atom is 0.133 e. The second-order valence-corrected chi connectivity index (χ2v) is 7.92. The van der Waals surface area contributed by atoms with Gasteiger partial charge in [-0.15, -0.1) is 0 Å². The Morgan fingerprint density at radius 2 is 1.76 bits per heavy atom. The van der Waals surface area contributed by atoms with Crippen LogP contribution in [0.4, 0.5) is 5.82 Å². The van der Waals surface area contributed by atoms with E-state index in [9.17, 15) is 0 Å². The smallest absolute Gasteiger partial charge is 0.133 e. The van der Waals surface area contributed by atoms with Crippen LogP contribution in [0.25, 0.3) is 0 Å². The van der Waals surface area contributed by atoms with E-state index in [4.69, 9.17) is 23.2 Å². The summed E-state index contributed by atoms with van der Waals surface area (Å²) in [7, 11) is 0. The number of anilines is 1. The zero-order chi connectivity index (χ0) is 17.2. The largest absolute Gasteiger partial charge is 0.367 e. The van der Waals surface area contributed by atoms with E-state index in [1.54, 1.807) is 6.07 Å². The summed E-state index contributed by atoms with van der Waals surface area (Å²) in [5.41, 5.74) is 1.17. The Labute approximate surface area is 158 Å². The molecule has 132 valence electrons. The van der Waals surface area contributed by atoms with E-state index < -0.39 is 0 Å². The first-order valence-corrected chi connectivity index (χ1v) is 9.68. The van der Waals surface area contributed by atoms with Gasteiger partial charge in [0, 0.05) is 47.8 Å². The van der Waals surface area contributed by atoms with Gasteiger partial charge >= 0.3 is 0 Å². The fraction of sp³-hybridized carbons (Fsp3) is 0.474. The predicted molar refractivity (Wildman–Crippen MR) is 102 cm³/mol. The van der Waals surface area contributed by atoms with Crippen LogP contribution in [0.5, 0.6) is 0 Å². The predicted octanol–water partition coefficient (Wildman–Crippen LogP) is 4.74. The lowest BCUT2D eigenvalue weighted by Crippen LogP contribution is -2.38. The van der Waals surface area contributed by atoms with Crippen molar-refractivity contribution in [1.82, 2.24) is 14.9 Å². The summed E-state index contributed by atoms with van der Waals surface area (Å²) in [5.74, 6) is 2.56. The molecular weight excluding hydrogens is 355 g/mol. The van der Waals surface area contributed by atoms with Crippen LogP contribution in [0.3, 0.4) is 0 Å². The quantitative estimate of drug-likeness (QED) is 0.817. The third-order valence-electron chi connectivity index (χ3n) is 4.88. The Hall–Kier alpha value is -1.36. The van der Waals surface area contributed by atoms with Gasteiger partial charge in [-0.05, 0) is 55.5 Å². The fourth-order valence-electron chi connectivity index (χ4n) is 3.40. The van der Waals surface area contributed by atoms with Gasteiger partial charge in [0.05, 0.1) is 0 Å². The number of benzene rings is 1. The molecule has 2 heterocycles. The van der Waals surface area contributed by atoms with Gasteiger partial charge in [0.15, 0.2) is 0 Å². The van der Waals surface area contributed by atoms with Crippen LogP contribution in [0.2, 0.25) is 10.0 Å². The van der Waals surface area contributed by atoms with Gasteiger partial charge in [-0.1, -0.05) is 23.2 Å². The highest BCUT2D eigenvalue weighted by atomic mass is 35.5. The minimum absolute atomic E-state index is 0.473. The maximum atomic E-state index is 6.10. The number of likely N-dealkylation sites (tertiary alicyclic amines) is 1. The van der Waals surface area contributed by atoms with Crippen LogP contribution < -0.4 is 5.32 Å². The number of aromatic nitrogens is 2. The molecule has 0 atom stereocenters. The molecule has 1 saturated carbocycles. The Morgan fingerprint density at radius 1 is 1.04 bits per heavy atom. The standard InChI is InChI=1S/C19H22Cl2N4/c20-15-9-13(10-16(21)11-15)12-25-7-4-17(5-8-25)23-18-3-6-22-19(24-18)14-1-2-14/h3,6,9-11,14,17H,1-2,4-5,7-8,12H2,(H,22,23,24). The molecule has 1 aliphatic carbocycles. The Balaban J connectivity index is 1.30. The van der Waals surface area contributed by atoms with Gasteiger partial charge in [-0.3, -0.25) is 4.90 Å². The molecule has 2 fully saturated rings. The number of hydrogen-bond acceptors (Lipinski definition) is 4. The summed E-state index contributed by atoms with van der Waals surface area (Å²) in [6, 6.07) is 8.23. The van der Waals surface area contributed by atoms with Gasteiger partial charge in [0.2, 0.25) is 0 Å². The molecule has 1 N–H and O–H groups in total. The average molecular weight is 377 g/mol. The first-order chi connectivity index (χ1) is 12.2. The Morgan fingerprint density at radius 3 is 2.44 bits per heavy atom. The van der Waals surface area contributed by atoms with Crippen molar-refractivity contribution in [1.29, 1.82) is 0 Å². The first kappa shape index (κ1) is 17.1. The molecular formula is C19H22Cl2N4.